The molecular formula is C17H21N3. The predicted octanol–water partition coefficient (Wildman–Crippen LogP) is 3.49. The van der Waals surface area contributed by atoms with E-state index in [-0.39, 0.29) is 0 Å². The predicted molar refractivity (Wildman–Crippen MR) is 82.0 cm³/mol. The van der Waals surface area contributed by atoms with Crippen molar-refractivity contribution >= 4 is 5.69 Å². The monoisotopic (exact) mass is 267 g/mol. The fourth-order valence-electron chi connectivity index (χ4n) is 3.48. The van der Waals surface area contributed by atoms with Gasteiger partial charge in [0, 0.05) is 31.7 Å². The molecule has 0 bridgehead atoms. The molecule has 0 N–H and O–H groups in total. The van der Waals surface area contributed by atoms with Crippen LogP contribution >= 0.6 is 0 Å². The lowest BCUT2D eigenvalue weighted by molar-refractivity contribution is 0.578. The molecular weight excluding hydrogens is 246 g/mol. The van der Waals surface area contributed by atoms with E-state index in [1.165, 1.54) is 61.5 Å². The van der Waals surface area contributed by atoms with Gasteiger partial charge in [-0.15, -0.1) is 0 Å². The molecule has 4 rings (SSSR count). The topological polar surface area (TPSA) is 21.1 Å². The Morgan fingerprint density at radius 1 is 0.850 bits per heavy atom. The van der Waals surface area contributed by atoms with Crippen LogP contribution in [0.2, 0.25) is 0 Å². The van der Waals surface area contributed by atoms with Crippen LogP contribution in [0.4, 0.5) is 5.69 Å². The van der Waals surface area contributed by atoms with Gasteiger partial charge in [-0.1, -0.05) is 12.1 Å². The first-order valence-electron chi connectivity index (χ1n) is 7.81. The molecule has 2 aliphatic rings. The van der Waals surface area contributed by atoms with Crippen molar-refractivity contribution in [2.24, 2.45) is 0 Å². The smallest absolute Gasteiger partial charge is 0.109 e. The van der Waals surface area contributed by atoms with Crippen LogP contribution in [0.5, 0.6) is 0 Å². The molecule has 1 fully saturated rings. The maximum atomic E-state index is 4.54. The van der Waals surface area contributed by atoms with Crippen LogP contribution < -0.4 is 4.90 Å². The number of aromatic nitrogens is 2. The molecule has 2 aromatic rings. The molecule has 0 amide bonds. The largest absolute Gasteiger partial charge is 0.372 e. The first-order valence-corrected chi connectivity index (χ1v) is 7.81. The average molecular weight is 267 g/mol. The minimum Gasteiger partial charge on any atom is -0.372 e. The number of anilines is 1. The summed E-state index contributed by atoms with van der Waals surface area (Å²) in [5.41, 5.74) is 3.95. The maximum Gasteiger partial charge on any atom is 0.109 e. The molecule has 1 saturated heterocycles. The van der Waals surface area contributed by atoms with E-state index < -0.39 is 0 Å². The maximum absolute atomic E-state index is 4.54. The summed E-state index contributed by atoms with van der Waals surface area (Å²) in [5, 5.41) is 0. The van der Waals surface area contributed by atoms with Crippen molar-refractivity contribution < 1.29 is 0 Å². The molecule has 0 atom stereocenters. The Hall–Kier alpha value is -1.77. The number of imidazole rings is 1. The van der Waals surface area contributed by atoms with Crippen molar-refractivity contribution in [3.05, 3.63) is 36.3 Å². The third-order valence-corrected chi connectivity index (χ3v) is 4.60. The molecule has 20 heavy (non-hydrogen) atoms. The second-order valence-electron chi connectivity index (χ2n) is 5.91. The highest BCUT2D eigenvalue weighted by molar-refractivity contribution is 5.63. The first kappa shape index (κ1) is 12.0. The Kier molecular flexibility index (Phi) is 2.98. The van der Waals surface area contributed by atoms with E-state index in [1.54, 1.807) is 0 Å². The molecule has 104 valence electrons. The summed E-state index contributed by atoms with van der Waals surface area (Å²) in [6.07, 6.45) is 8.45. The molecule has 0 unspecified atom stereocenters. The Morgan fingerprint density at radius 3 is 2.45 bits per heavy atom. The summed E-state index contributed by atoms with van der Waals surface area (Å²) in [6, 6.07) is 9.06. The molecule has 0 saturated carbocycles. The minimum absolute atomic E-state index is 1.12. The minimum atomic E-state index is 1.12. The number of benzene rings is 1. The van der Waals surface area contributed by atoms with E-state index in [2.05, 4.69) is 38.7 Å². The van der Waals surface area contributed by atoms with Crippen LogP contribution in [0.3, 0.4) is 0 Å². The molecule has 3 heteroatoms. The third-order valence-electron chi connectivity index (χ3n) is 4.60. The van der Waals surface area contributed by atoms with Crippen LogP contribution in [0.25, 0.3) is 11.3 Å². The zero-order chi connectivity index (χ0) is 13.4. The first-order chi connectivity index (χ1) is 9.92. The standard InChI is InChI=1S/C17H21N3/c1-2-10-19(11-3-1)15-8-6-14(7-9-15)16-13-18-17-5-4-12-20(16)17/h6-9,13H,1-5,10-12H2. The van der Waals surface area contributed by atoms with Crippen LogP contribution in [0.1, 0.15) is 31.5 Å². The lowest BCUT2D eigenvalue weighted by atomic mass is 10.1. The molecule has 1 aromatic heterocycles. The van der Waals surface area contributed by atoms with E-state index in [9.17, 15) is 0 Å². The van der Waals surface area contributed by atoms with Crippen LogP contribution in [0, 0.1) is 0 Å². The van der Waals surface area contributed by atoms with Gasteiger partial charge in [0.15, 0.2) is 0 Å². The van der Waals surface area contributed by atoms with Gasteiger partial charge in [-0.25, -0.2) is 4.98 Å². The van der Waals surface area contributed by atoms with Gasteiger partial charge in [0.2, 0.25) is 0 Å². The Labute approximate surface area is 120 Å². The molecule has 3 nitrogen and oxygen atoms in total. The zero-order valence-electron chi connectivity index (χ0n) is 11.9. The quantitative estimate of drug-likeness (QED) is 0.830. The van der Waals surface area contributed by atoms with E-state index >= 15 is 0 Å². The van der Waals surface area contributed by atoms with Gasteiger partial charge in [0.25, 0.3) is 0 Å². The van der Waals surface area contributed by atoms with Gasteiger partial charge in [-0.2, -0.15) is 0 Å². The SMILES string of the molecule is c1cc(N2CCCCC2)ccc1-c1cnc2n1CCC2. The second-order valence-corrected chi connectivity index (χ2v) is 5.91. The number of fused-ring (bicyclic) bond motifs is 1. The number of hydrogen-bond donors (Lipinski definition) is 0. The highest BCUT2D eigenvalue weighted by Gasteiger charge is 2.17. The van der Waals surface area contributed by atoms with Gasteiger partial charge in [-0.05, 0) is 43.4 Å². The van der Waals surface area contributed by atoms with Crippen molar-refractivity contribution in [2.75, 3.05) is 18.0 Å². The third kappa shape index (κ3) is 2.01. The highest BCUT2D eigenvalue weighted by atomic mass is 15.1. The fraction of sp³-hybridized carbons (Fsp3) is 0.471. The van der Waals surface area contributed by atoms with Gasteiger partial charge >= 0.3 is 0 Å². The summed E-state index contributed by atoms with van der Waals surface area (Å²) in [5.74, 6) is 1.25. The van der Waals surface area contributed by atoms with Crippen molar-refractivity contribution in [1.82, 2.24) is 9.55 Å². The highest BCUT2D eigenvalue weighted by Crippen LogP contribution is 2.28. The van der Waals surface area contributed by atoms with Crippen LogP contribution in [-0.2, 0) is 13.0 Å². The lowest BCUT2D eigenvalue weighted by Gasteiger charge is -2.28. The second kappa shape index (κ2) is 4.97. The van der Waals surface area contributed by atoms with Crippen molar-refractivity contribution in [1.29, 1.82) is 0 Å². The van der Waals surface area contributed by atoms with E-state index in [0.29, 0.717) is 0 Å². The molecule has 2 aliphatic heterocycles. The molecule has 0 radical (unpaired) electrons. The van der Waals surface area contributed by atoms with E-state index in [1.807, 2.05) is 6.20 Å². The molecule has 1 aromatic carbocycles. The number of piperidine rings is 1. The van der Waals surface area contributed by atoms with Crippen molar-refractivity contribution in [3.8, 4) is 11.3 Å². The number of hydrogen-bond acceptors (Lipinski definition) is 2. The Balaban J connectivity index is 1.60. The van der Waals surface area contributed by atoms with Crippen molar-refractivity contribution in [2.45, 2.75) is 38.6 Å². The van der Waals surface area contributed by atoms with E-state index in [4.69, 9.17) is 0 Å². The lowest BCUT2D eigenvalue weighted by Crippen LogP contribution is -2.29. The van der Waals surface area contributed by atoms with Crippen LogP contribution in [-0.4, -0.2) is 22.6 Å². The van der Waals surface area contributed by atoms with E-state index in [0.717, 1.165) is 13.0 Å². The average Bonchev–Trinajstić information content (AvgIpc) is 3.11. The van der Waals surface area contributed by atoms with Gasteiger partial charge < -0.3 is 9.47 Å². The Bertz CT molecular complexity index is 591. The summed E-state index contributed by atoms with van der Waals surface area (Å²) in [7, 11) is 0. The zero-order valence-corrected chi connectivity index (χ0v) is 11.9. The number of rotatable bonds is 2. The summed E-state index contributed by atoms with van der Waals surface area (Å²) in [4.78, 5) is 7.05. The Morgan fingerprint density at radius 2 is 1.65 bits per heavy atom. The van der Waals surface area contributed by atoms with Gasteiger partial charge in [0.05, 0.1) is 11.9 Å². The molecule has 0 aliphatic carbocycles. The fourth-order valence-corrected chi connectivity index (χ4v) is 3.48. The molecule has 0 spiro atoms. The summed E-state index contributed by atoms with van der Waals surface area (Å²) >= 11 is 0. The summed E-state index contributed by atoms with van der Waals surface area (Å²) < 4.78 is 2.37. The van der Waals surface area contributed by atoms with Crippen LogP contribution in [0.15, 0.2) is 30.5 Å². The molecule has 3 heterocycles. The number of aryl methyl sites for hydroxylation is 1. The van der Waals surface area contributed by atoms with Gasteiger partial charge in [-0.3, -0.25) is 0 Å². The number of nitrogens with zero attached hydrogens (tertiary/aromatic N) is 3. The van der Waals surface area contributed by atoms with Gasteiger partial charge in [0.1, 0.15) is 5.82 Å². The normalized spacial score (nSPS) is 18.3. The van der Waals surface area contributed by atoms with Crippen molar-refractivity contribution in [3.63, 3.8) is 0 Å². The summed E-state index contributed by atoms with van der Waals surface area (Å²) in [6.45, 7) is 3.54.